The van der Waals surface area contributed by atoms with Gasteiger partial charge in [-0.25, -0.2) is 0 Å². The smallest absolute Gasteiger partial charge is 0.0134 e. The third kappa shape index (κ3) is 12.2. The van der Waals surface area contributed by atoms with Gasteiger partial charge in [-0.3, -0.25) is 10.1 Å². The molecule has 0 aliphatic carbocycles. The van der Waals surface area contributed by atoms with Gasteiger partial charge in [-0.1, -0.05) is 194 Å². The van der Waals surface area contributed by atoms with Crippen molar-refractivity contribution in [3.05, 3.63) is 222 Å². The molecule has 49 heavy (non-hydrogen) atoms. The number of benzene rings is 7. The van der Waals surface area contributed by atoms with Gasteiger partial charge in [0.25, 0.3) is 0 Å². The molecule has 0 aliphatic rings. The van der Waals surface area contributed by atoms with Crippen LogP contribution in [0, 0.1) is 16.2 Å². The zero-order valence-electron chi connectivity index (χ0n) is 26.5. The molecule has 0 saturated heterocycles. The number of nitro groups is 1. The molecule has 7 aromatic carbocycles. The van der Waals surface area contributed by atoms with Crippen LogP contribution in [0.4, 0.5) is 5.69 Å². The number of nitro benzene ring substituents is 1. The maximum absolute atomic E-state index is 9.99. The van der Waals surface area contributed by atoms with E-state index in [-0.39, 0.29) is 5.69 Å². The predicted octanol–water partition coefficient (Wildman–Crippen LogP) is 9.17. The van der Waals surface area contributed by atoms with Crippen molar-refractivity contribution in [1.29, 1.82) is 0 Å². The molecule has 0 atom stereocenters. The van der Waals surface area contributed by atoms with E-state index < -0.39 is 20.8 Å². The van der Waals surface area contributed by atoms with Crippen LogP contribution in [-0.2, 0) is 15.6 Å². The molecule has 0 aliphatic heterocycles. The molecule has 0 heterocycles. The molecular weight excluding hydrogens is 846 g/mol. The van der Waals surface area contributed by atoms with Crippen LogP contribution < -0.4 is 31.8 Å². The van der Waals surface area contributed by atoms with Gasteiger partial charge >= 0.3 is 35.1 Å². The van der Waals surface area contributed by atoms with Gasteiger partial charge in [-0.2, -0.15) is 18.2 Å². The Labute approximate surface area is 313 Å². The van der Waals surface area contributed by atoms with Crippen molar-refractivity contribution in [2.24, 2.45) is 0 Å². The first-order valence-electron chi connectivity index (χ1n) is 15.3. The van der Waals surface area contributed by atoms with Crippen molar-refractivity contribution in [1.82, 2.24) is 0 Å². The molecule has 0 bridgehead atoms. The van der Waals surface area contributed by atoms with Crippen LogP contribution in [0.1, 0.15) is 0 Å². The molecule has 0 amide bonds. The Balaban J connectivity index is 0.000000171. The molecule has 7 rings (SSSR count). The molecule has 246 valence electrons. The van der Waals surface area contributed by atoms with E-state index in [0.29, 0.717) is 0 Å². The van der Waals surface area contributed by atoms with Gasteiger partial charge in [-0.05, 0) is 47.7 Å². The summed E-state index contributed by atoms with van der Waals surface area (Å²) in [5.41, 5.74) is 0.105. The van der Waals surface area contributed by atoms with Gasteiger partial charge in [0.15, 0.2) is 5.69 Å². The monoisotopic (exact) mass is 879 g/mol. The van der Waals surface area contributed by atoms with Crippen molar-refractivity contribution < 1.29 is 20.5 Å². The van der Waals surface area contributed by atoms with E-state index in [9.17, 15) is 10.1 Å². The van der Waals surface area contributed by atoms with Crippen molar-refractivity contribution in [2.75, 3.05) is 0 Å². The first-order valence-corrected chi connectivity index (χ1v) is 22.6. The molecule has 0 fully saturated rings. The average molecular weight is 880 g/mol. The Morgan fingerprint density at radius 1 is 0.408 bits per heavy atom. The number of rotatable bonds is 7. The summed E-state index contributed by atoms with van der Waals surface area (Å²) in [7, 11) is -0.892. The van der Waals surface area contributed by atoms with E-state index in [2.05, 4.69) is 204 Å². The van der Waals surface area contributed by atoms with E-state index in [1.54, 1.807) is 0 Å². The molecule has 0 N–H and O–H groups in total. The third-order valence-corrected chi connectivity index (χ3v) is 11.9. The minimum absolute atomic E-state index is 0.105. The summed E-state index contributed by atoms with van der Waals surface area (Å²) in [6.07, 6.45) is 0. The predicted molar refractivity (Wildman–Crippen MR) is 216 cm³/mol. The molecule has 7 aromatic rings. The van der Waals surface area contributed by atoms with E-state index in [1.165, 1.54) is 56.1 Å². The fraction of sp³-hybridized carbons (Fsp3) is 0. The first-order chi connectivity index (χ1) is 24.2. The maximum Gasteiger partial charge on any atom is -0.0134 e. The van der Waals surface area contributed by atoms with Gasteiger partial charge < -0.3 is 0 Å². The van der Waals surface area contributed by atoms with E-state index in [1.807, 2.05) is 19.5 Å². The summed E-state index contributed by atoms with van der Waals surface area (Å²) >= 11 is 4.72. The Bertz CT molecular complexity index is 1590. The van der Waals surface area contributed by atoms with Gasteiger partial charge in [-0.15, -0.1) is 0 Å². The van der Waals surface area contributed by atoms with Crippen molar-refractivity contribution in [2.45, 2.75) is 0 Å². The zero-order chi connectivity index (χ0) is 34.5. The van der Waals surface area contributed by atoms with Gasteiger partial charge in [0, 0.05) is 4.92 Å². The number of hydrogen-bond donors (Lipinski definition) is 0. The molecule has 0 unspecified atom stereocenters. The summed E-state index contributed by atoms with van der Waals surface area (Å²) < 4.78 is 0. The summed E-state index contributed by atoms with van der Waals surface area (Å²) in [5, 5.41) is 18.4. The Morgan fingerprint density at radius 3 is 0.776 bits per heavy atom. The van der Waals surface area contributed by atoms with Gasteiger partial charge in [0.1, 0.15) is 0 Å². The van der Waals surface area contributed by atoms with E-state index in [0.717, 1.165) is 0 Å². The summed E-state index contributed by atoms with van der Waals surface area (Å²) in [5.74, 6) is 0. The van der Waals surface area contributed by atoms with Crippen LogP contribution in [0.2, 0.25) is 0 Å². The van der Waals surface area contributed by atoms with Crippen molar-refractivity contribution >= 4 is 72.9 Å². The molecule has 0 aromatic heterocycles. The summed E-state index contributed by atoms with van der Waals surface area (Å²) in [6, 6.07) is 73.2. The first kappa shape index (κ1) is 38.0. The fourth-order valence-electron chi connectivity index (χ4n) is 4.86. The van der Waals surface area contributed by atoms with Crippen LogP contribution in [-0.4, -0.2) is 4.92 Å². The van der Waals surface area contributed by atoms with E-state index >= 15 is 0 Å². The molecule has 0 radical (unpaired) electrons. The molecular formula is C42H34INO2P2Pd. The third-order valence-electron chi connectivity index (χ3n) is 7.00. The van der Waals surface area contributed by atoms with Gasteiger partial charge in [0.05, 0.1) is 0 Å². The molecule has 0 saturated carbocycles. The average Bonchev–Trinajstić information content (AvgIpc) is 3.19. The Hall–Kier alpha value is -3.81. The van der Waals surface area contributed by atoms with E-state index in [4.69, 9.17) is 0 Å². The second-order valence-electron chi connectivity index (χ2n) is 10.2. The Morgan fingerprint density at radius 2 is 0.612 bits per heavy atom. The standard InChI is InChI=1S/2C18H15P.C6H4NO2.HI.Pd/c2*1-4-10-16(11-5-1)19(17-12-6-2-7-13-17)18-14-8-3-9-15-18;8-7(9)6-4-2-1-3-5-6;;/h2*1-15H;2-5H;1H;/q;;-1;;+2/p-1. The number of nitrogens with zero attached hydrogens (tertiary/aromatic N) is 1. The van der Waals surface area contributed by atoms with Crippen LogP contribution >= 0.6 is 35.4 Å². The largest absolute Gasteiger partial charge is 0.0622 e. The molecule has 7 heteroatoms. The number of halogens is 1. The second kappa shape index (κ2) is 22.0. The minimum Gasteiger partial charge on any atom is -0.0622 e. The Kier molecular flexibility index (Phi) is 17.1. The second-order valence-corrected chi connectivity index (χ2v) is 14.6. The zero-order valence-corrected chi connectivity index (χ0v) is 32.0. The van der Waals surface area contributed by atoms with Gasteiger partial charge in [0.2, 0.25) is 0 Å². The van der Waals surface area contributed by atoms with Crippen molar-refractivity contribution in [3.63, 3.8) is 0 Å². The van der Waals surface area contributed by atoms with Crippen LogP contribution in [0.5, 0.6) is 0 Å². The van der Waals surface area contributed by atoms with Crippen LogP contribution in [0.25, 0.3) is 0 Å². The van der Waals surface area contributed by atoms with Crippen LogP contribution in [0.3, 0.4) is 0 Å². The minimum atomic E-state index is -0.446. The normalized spacial score (nSPS) is 9.98. The summed E-state index contributed by atoms with van der Waals surface area (Å²) in [6.45, 7) is 0. The quantitative estimate of drug-likeness (QED) is 0.0401. The van der Waals surface area contributed by atoms with Crippen molar-refractivity contribution in [3.8, 4) is 0 Å². The van der Waals surface area contributed by atoms with Crippen LogP contribution in [0.15, 0.2) is 206 Å². The summed E-state index contributed by atoms with van der Waals surface area (Å²) in [4.78, 5) is 9.56. The molecule has 3 nitrogen and oxygen atoms in total. The number of non-ortho nitro benzene ring substituents is 1. The number of hydrogen-bond acceptors (Lipinski definition) is 2. The molecule has 0 spiro atoms. The topological polar surface area (TPSA) is 43.1 Å². The SMILES string of the molecule is O=[N+]([O-])c1cc[c-]cc1.[Pd+][I].c1ccc(P(c2ccccc2)c2ccccc2)cc1.c1ccc(P(c2ccccc2)c2ccccc2)cc1. The maximum atomic E-state index is 9.99. The fourth-order valence-corrected chi connectivity index (χ4v) is 9.47.